The minimum atomic E-state index is -0.588. The number of rotatable bonds is 5. The van der Waals surface area contributed by atoms with Crippen molar-refractivity contribution in [3.05, 3.63) is 48.3 Å². The number of aryl methyl sites for hydroxylation is 1. The molecular weight excluding hydrogens is 370 g/mol. The number of anilines is 1. The number of para-hydroxylation sites is 1. The van der Waals surface area contributed by atoms with E-state index in [4.69, 9.17) is 0 Å². The second-order valence-corrected chi connectivity index (χ2v) is 8.27. The third-order valence-corrected chi connectivity index (χ3v) is 4.93. The maximum Gasteiger partial charge on any atom is 0.243 e. The number of hydrogen-bond donors (Lipinski definition) is 2. The summed E-state index contributed by atoms with van der Waals surface area (Å²) in [5, 5.41) is 9.62. The second kappa shape index (κ2) is 8.06. The van der Waals surface area contributed by atoms with Crippen molar-refractivity contribution in [2.24, 2.45) is 13.0 Å². The Morgan fingerprint density at radius 1 is 1.21 bits per heavy atom. The summed E-state index contributed by atoms with van der Waals surface area (Å²) in [7, 11) is 1.80. The largest absolute Gasteiger partial charge is 0.347 e. The molecule has 2 N–H and O–H groups in total. The van der Waals surface area contributed by atoms with E-state index in [0.29, 0.717) is 5.69 Å². The van der Waals surface area contributed by atoms with E-state index in [1.54, 1.807) is 35.0 Å². The Morgan fingerprint density at radius 3 is 2.48 bits per heavy atom. The fourth-order valence-electron chi connectivity index (χ4n) is 3.76. The molecule has 1 aromatic carbocycles. The summed E-state index contributed by atoms with van der Waals surface area (Å²) in [5.41, 5.74) is 1.02. The van der Waals surface area contributed by atoms with E-state index in [2.05, 4.69) is 15.7 Å². The van der Waals surface area contributed by atoms with Crippen LogP contribution in [0.1, 0.15) is 38.8 Å². The van der Waals surface area contributed by atoms with Gasteiger partial charge in [0.2, 0.25) is 17.7 Å². The molecule has 1 aliphatic rings. The van der Waals surface area contributed by atoms with Gasteiger partial charge in [0.25, 0.3) is 0 Å². The van der Waals surface area contributed by atoms with E-state index < -0.39 is 17.5 Å². The van der Waals surface area contributed by atoms with Crippen LogP contribution in [0.15, 0.2) is 42.7 Å². The topological polar surface area (TPSA) is 96.3 Å². The fraction of sp³-hybridized carbons (Fsp3) is 0.429. The summed E-state index contributed by atoms with van der Waals surface area (Å²) in [6.45, 7) is 5.68. The number of nitrogens with zero attached hydrogens (tertiary/aromatic N) is 3. The van der Waals surface area contributed by atoms with Crippen molar-refractivity contribution in [2.75, 3.05) is 11.9 Å². The summed E-state index contributed by atoms with van der Waals surface area (Å²) in [6, 6.07) is 8.61. The van der Waals surface area contributed by atoms with Crippen molar-refractivity contribution < 1.29 is 14.4 Å². The van der Waals surface area contributed by atoms with Crippen molar-refractivity contribution in [3.63, 3.8) is 0 Å². The Kier molecular flexibility index (Phi) is 5.72. The molecule has 0 aliphatic carbocycles. The molecule has 29 heavy (non-hydrogen) atoms. The standard InChI is InChI=1S/C21H27N5O3/c1-21(2,3)26-18(28)10-16(19(26)14-11-23-25(4)13-14)20(29)22-12-17(27)24-15-8-6-5-7-9-15/h5-9,11,13,16,19H,10,12H2,1-4H3,(H,22,29)(H,24,27). The summed E-state index contributed by atoms with van der Waals surface area (Å²) < 4.78 is 1.65. The van der Waals surface area contributed by atoms with Crippen LogP contribution in [0.25, 0.3) is 0 Å². The number of hydrogen-bond acceptors (Lipinski definition) is 4. The van der Waals surface area contributed by atoms with E-state index in [1.165, 1.54) is 0 Å². The highest BCUT2D eigenvalue weighted by Crippen LogP contribution is 2.42. The summed E-state index contributed by atoms with van der Waals surface area (Å²) in [6.07, 6.45) is 3.61. The van der Waals surface area contributed by atoms with Gasteiger partial charge in [-0.2, -0.15) is 5.10 Å². The Labute approximate surface area is 170 Å². The molecule has 1 aromatic heterocycles. The number of nitrogens with one attached hydrogen (secondary N) is 2. The van der Waals surface area contributed by atoms with Crippen LogP contribution in [0.5, 0.6) is 0 Å². The molecule has 2 unspecified atom stereocenters. The average molecular weight is 397 g/mol. The van der Waals surface area contributed by atoms with Gasteiger partial charge in [0, 0.05) is 36.5 Å². The number of aromatic nitrogens is 2. The van der Waals surface area contributed by atoms with E-state index in [1.807, 2.05) is 45.2 Å². The van der Waals surface area contributed by atoms with Gasteiger partial charge in [0.05, 0.1) is 24.7 Å². The number of amides is 3. The quantitative estimate of drug-likeness (QED) is 0.805. The maximum atomic E-state index is 12.9. The molecule has 8 heteroatoms. The highest BCUT2D eigenvalue weighted by atomic mass is 16.2. The van der Waals surface area contributed by atoms with Gasteiger partial charge in [-0.25, -0.2) is 0 Å². The van der Waals surface area contributed by atoms with Gasteiger partial charge in [0.15, 0.2) is 0 Å². The van der Waals surface area contributed by atoms with Gasteiger partial charge in [-0.1, -0.05) is 18.2 Å². The van der Waals surface area contributed by atoms with Crippen molar-refractivity contribution in [1.82, 2.24) is 20.0 Å². The first-order chi connectivity index (χ1) is 13.7. The van der Waals surface area contributed by atoms with Crippen LogP contribution in [0.4, 0.5) is 5.69 Å². The van der Waals surface area contributed by atoms with E-state index in [-0.39, 0.29) is 30.7 Å². The first kappa shape index (κ1) is 20.6. The normalized spacial score (nSPS) is 19.3. The Balaban J connectivity index is 1.72. The molecule has 8 nitrogen and oxygen atoms in total. The zero-order valence-electron chi connectivity index (χ0n) is 17.2. The summed E-state index contributed by atoms with van der Waals surface area (Å²) >= 11 is 0. The van der Waals surface area contributed by atoms with Crippen LogP contribution < -0.4 is 10.6 Å². The molecule has 0 spiro atoms. The highest BCUT2D eigenvalue weighted by Gasteiger charge is 2.48. The minimum Gasteiger partial charge on any atom is -0.347 e. The number of carbonyl (C=O) groups is 3. The van der Waals surface area contributed by atoms with Gasteiger partial charge < -0.3 is 15.5 Å². The summed E-state index contributed by atoms with van der Waals surface area (Å²) in [5.74, 6) is -1.31. The molecule has 2 atom stereocenters. The number of benzene rings is 1. The van der Waals surface area contributed by atoms with E-state index >= 15 is 0 Å². The lowest BCUT2D eigenvalue weighted by molar-refractivity contribution is -0.133. The molecule has 1 saturated heterocycles. The maximum absolute atomic E-state index is 12.9. The third-order valence-electron chi connectivity index (χ3n) is 4.93. The van der Waals surface area contributed by atoms with E-state index in [0.717, 1.165) is 5.56 Å². The molecule has 0 bridgehead atoms. The molecule has 2 heterocycles. The van der Waals surface area contributed by atoms with E-state index in [9.17, 15) is 14.4 Å². The van der Waals surface area contributed by atoms with Gasteiger partial charge >= 0.3 is 0 Å². The highest BCUT2D eigenvalue weighted by molar-refractivity contribution is 5.96. The molecule has 1 aliphatic heterocycles. The monoisotopic (exact) mass is 397 g/mol. The van der Waals surface area contributed by atoms with Crippen LogP contribution in [0.2, 0.25) is 0 Å². The lowest BCUT2D eigenvalue weighted by Crippen LogP contribution is -2.45. The average Bonchev–Trinajstić information content (AvgIpc) is 3.23. The first-order valence-corrected chi connectivity index (χ1v) is 9.60. The van der Waals surface area contributed by atoms with Gasteiger partial charge in [-0.05, 0) is 32.9 Å². The summed E-state index contributed by atoms with van der Waals surface area (Å²) in [4.78, 5) is 39.6. The van der Waals surface area contributed by atoms with Crippen LogP contribution in [-0.4, -0.2) is 44.5 Å². The van der Waals surface area contributed by atoms with Crippen LogP contribution in [0, 0.1) is 5.92 Å². The minimum absolute atomic E-state index is 0.0831. The lowest BCUT2D eigenvalue weighted by atomic mass is 9.92. The first-order valence-electron chi connectivity index (χ1n) is 9.60. The Morgan fingerprint density at radius 2 is 1.90 bits per heavy atom. The number of likely N-dealkylation sites (tertiary alicyclic amines) is 1. The van der Waals surface area contributed by atoms with Gasteiger partial charge in [-0.3, -0.25) is 19.1 Å². The zero-order valence-corrected chi connectivity index (χ0v) is 17.2. The Bertz CT molecular complexity index is 901. The molecule has 0 radical (unpaired) electrons. The predicted molar refractivity (Wildman–Crippen MR) is 109 cm³/mol. The van der Waals surface area contributed by atoms with Crippen LogP contribution >= 0.6 is 0 Å². The fourth-order valence-corrected chi connectivity index (χ4v) is 3.76. The smallest absolute Gasteiger partial charge is 0.243 e. The molecule has 2 aromatic rings. The SMILES string of the molecule is Cn1cc(C2C(C(=O)NCC(=O)Nc3ccccc3)CC(=O)N2C(C)(C)C)cn1. The van der Waals surface area contributed by atoms with Crippen LogP contribution in [-0.2, 0) is 21.4 Å². The van der Waals surface area contributed by atoms with Crippen molar-refractivity contribution in [2.45, 2.75) is 38.8 Å². The molecular formula is C21H27N5O3. The molecule has 3 rings (SSSR count). The van der Waals surface area contributed by atoms with Gasteiger partial charge in [0.1, 0.15) is 0 Å². The van der Waals surface area contributed by atoms with Gasteiger partial charge in [-0.15, -0.1) is 0 Å². The number of carbonyl (C=O) groups excluding carboxylic acids is 3. The van der Waals surface area contributed by atoms with Crippen LogP contribution in [0.3, 0.4) is 0 Å². The zero-order chi connectivity index (χ0) is 21.2. The van der Waals surface area contributed by atoms with Crippen molar-refractivity contribution in [1.29, 1.82) is 0 Å². The third kappa shape index (κ3) is 4.64. The molecule has 3 amide bonds. The Hall–Kier alpha value is -3.16. The van der Waals surface area contributed by atoms with Crippen molar-refractivity contribution in [3.8, 4) is 0 Å². The molecule has 154 valence electrons. The molecule has 1 fully saturated rings. The molecule has 0 saturated carbocycles. The second-order valence-electron chi connectivity index (χ2n) is 8.27. The lowest BCUT2D eigenvalue weighted by Gasteiger charge is -2.38. The predicted octanol–water partition coefficient (Wildman–Crippen LogP) is 1.86. The van der Waals surface area contributed by atoms with Crippen molar-refractivity contribution >= 4 is 23.4 Å².